The summed E-state index contributed by atoms with van der Waals surface area (Å²) in [6.07, 6.45) is -22.0. The van der Waals surface area contributed by atoms with Gasteiger partial charge in [0.15, 0.2) is 18.9 Å². The van der Waals surface area contributed by atoms with Crippen LogP contribution in [0, 0.1) is 0 Å². The summed E-state index contributed by atoms with van der Waals surface area (Å²) in [5, 5.41) is 110. The molecule has 0 aromatic heterocycles. The number of β-amino-alcohol motifs (C(OH)–C–C–N with tert-alkyl or cyclic N) is 1. The third-order valence-electron chi connectivity index (χ3n) is 16.4. The summed E-state index contributed by atoms with van der Waals surface area (Å²) in [6, 6.07) is -6.49. The van der Waals surface area contributed by atoms with Crippen LogP contribution in [0.1, 0.15) is 92.4 Å². The normalized spacial score (nSPS) is 35.3. The number of nitrogens with one attached hydrogen (secondary N) is 3. The van der Waals surface area contributed by atoms with E-state index in [9.17, 15) is 98.7 Å². The molecule has 6 aliphatic rings. The lowest BCUT2D eigenvalue weighted by Crippen LogP contribution is -2.64. The average Bonchev–Trinajstić information content (AvgIpc) is 1.84. The van der Waals surface area contributed by atoms with E-state index in [0.29, 0.717) is 0 Å². The van der Waals surface area contributed by atoms with Crippen LogP contribution in [-0.4, -0.2) is 325 Å². The van der Waals surface area contributed by atoms with Gasteiger partial charge in [0.1, 0.15) is 73.1 Å². The number of carbonyl (C=O) groups is 6. The van der Waals surface area contributed by atoms with Crippen LogP contribution in [0.15, 0.2) is 0 Å². The van der Waals surface area contributed by atoms with Gasteiger partial charge in [-0.1, -0.05) is 0 Å². The number of nitrogens with zero attached hydrogens (tertiary/aromatic N) is 3. The van der Waals surface area contributed by atoms with Crippen LogP contribution in [0.2, 0.25) is 0 Å². The van der Waals surface area contributed by atoms with Gasteiger partial charge < -0.3 is 125 Å². The SMILES string of the molecule is CC(=O)NC1[C@H](OCCCC(=O)N2C[C@H](O)C[C@H]2COP(=O)(O)O[C@@H]2C[C@@H](COP(=O)(O)O[C@@H]3C[C@@H](COC(C)C)N(C(=O)CCCO[C@@H]4OC(CO)[C@H](O)[C@H](O)C4NC(C)=O)C3)N(C(=O)CCCO[C@@H]3OC(CO)[C@H](O)[C@H](O)C3NC(C)=O)C2)OC(CO)[C@H](O)[C@@H]1O. The second-order valence-corrected chi connectivity index (χ2v) is 26.9. The Hall–Kier alpha value is -3.64. The van der Waals surface area contributed by atoms with Gasteiger partial charge in [0, 0.05) is 59.7 Å². The molecule has 6 heterocycles. The molecule has 6 saturated heterocycles. The largest absolute Gasteiger partial charge is 0.472 e. The third-order valence-corrected chi connectivity index (χ3v) is 18.4. The molecule has 23 atom stereocenters. The van der Waals surface area contributed by atoms with Gasteiger partial charge in [0.2, 0.25) is 35.4 Å². The first-order valence-corrected chi connectivity index (χ1v) is 33.9. The number of carbonyl (C=O) groups excluding carboxylic acids is 6. The second kappa shape index (κ2) is 36.3. The van der Waals surface area contributed by atoms with E-state index in [2.05, 4.69) is 16.0 Å². The molecule has 0 aromatic carbocycles. The first-order valence-electron chi connectivity index (χ1n) is 30.9. The quantitative estimate of drug-likeness (QED) is 0.0211. The number of phosphoric ester groups is 2. The molecule has 93 heavy (non-hydrogen) atoms. The van der Waals surface area contributed by atoms with Gasteiger partial charge in [-0.3, -0.25) is 46.9 Å². The van der Waals surface area contributed by atoms with Crippen molar-refractivity contribution in [2.75, 3.05) is 79.1 Å². The van der Waals surface area contributed by atoms with E-state index in [1.807, 2.05) is 0 Å². The van der Waals surface area contributed by atoms with Crippen molar-refractivity contribution in [3.8, 4) is 0 Å². The molecule has 6 rings (SSSR count). The van der Waals surface area contributed by atoms with Crippen LogP contribution in [0.5, 0.6) is 0 Å². The Balaban J connectivity index is 1.07. The van der Waals surface area contributed by atoms with Crippen molar-refractivity contribution < 1.29 is 150 Å². The van der Waals surface area contributed by atoms with E-state index in [0.717, 1.165) is 11.8 Å². The Kier molecular flexibility index (Phi) is 30.6. The van der Waals surface area contributed by atoms with Gasteiger partial charge in [-0.15, -0.1) is 0 Å². The number of rotatable bonds is 34. The highest BCUT2D eigenvalue weighted by molar-refractivity contribution is 7.47. The number of amides is 6. The fourth-order valence-electron chi connectivity index (χ4n) is 11.8. The van der Waals surface area contributed by atoms with Crippen LogP contribution in [0.4, 0.5) is 0 Å². The van der Waals surface area contributed by atoms with Crippen molar-refractivity contribution in [2.24, 2.45) is 0 Å². The molecule has 0 spiro atoms. The minimum Gasteiger partial charge on any atom is -0.394 e. The number of aliphatic hydroxyl groups is 10. The molecule has 0 aromatic rings. The molecule has 0 aliphatic carbocycles. The van der Waals surface area contributed by atoms with Crippen molar-refractivity contribution >= 4 is 51.1 Å². The minimum atomic E-state index is -5.10. The molecule has 8 unspecified atom stereocenters. The van der Waals surface area contributed by atoms with Gasteiger partial charge in [-0.05, 0) is 52.4 Å². The fraction of sp³-hybridized carbons (Fsp3) is 0.889. The average molecular weight is 1390 g/mol. The van der Waals surface area contributed by atoms with E-state index in [1.165, 1.54) is 23.6 Å². The molecule has 6 fully saturated rings. The lowest BCUT2D eigenvalue weighted by atomic mass is 9.97. The van der Waals surface area contributed by atoms with Gasteiger partial charge in [0.05, 0.1) is 102 Å². The summed E-state index contributed by atoms with van der Waals surface area (Å²) in [7, 11) is -10.2. The van der Waals surface area contributed by atoms with Gasteiger partial charge in [0.25, 0.3) is 0 Å². The van der Waals surface area contributed by atoms with E-state index in [4.69, 9.17) is 51.3 Å². The number of hydrogen-bond acceptors (Lipinski definition) is 29. The third kappa shape index (κ3) is 22.7. The van der Waals surface area contributed by atoms with E-state index in [-0.39, 0.29) is 103 Å². The first kappa shape index (κ1) is 78.4. The monoisotopic (exact) mass is 1380 g/mol. The zero-order valence-electron chi connectivity index (χ0n) is 52.4. The lowest BCUT2D eigenvalue weighted by Gasteiger charge is -2.42. The van der Waals surface area contributed by atoms with Crippen LogP contribution in [0.3, 0.4) is 0 Å². The summed E-state index contributed by atoms with van der Waals surface area (Å²) in [5.41, 5.74) is 0. The molecule has 6 aliphatic heterocycles. The zero-order valence-corrected chi connectivity index (χ0v) is 54.2. The van der Waals surface area contributed by atoms with Gasteiger partial charge in [-0.2, -0.15) is 0 Å². The standard InChI is InChI=1S/C54H94N6O31P2/c1-27(2)84-24-32-16-35(19-59(32)41(69)10-7-13-82-53-44(56-29(4)65)50(75)47(72)38(22-62)88-53)90-93(79,80)86-26-33-17-36(20-60(33)42(70)11-8-14-83-54-45(57-30(5)66)51(76)48(73)39(23-63)89-54)91-92(77,78)85-25-31-15-34(67)18-58(31)40(68)9-6-12-81-52-43(55-28(3)64)49(74)46(71)37(21-61)87-52/h27,31-39,43-54,61-63,67,71-76H,6-26H2,1-5H3,(H,55,64)(H,56,65)(H,57,66)(H,77,78)(H,79,80)/t31-,32-,33-,34+,35+,36+,37?,38?,39?,43?,44?,45?,46-,47-,48-,49+,50+,51+,52+,53+,54+/m0/s1. The van der Waals surface area contributed by atoms with Crippen molar-refractivity contribution in [3.63, 3.8) is 0 Å². The highest BCUT2D eigenvalue weighted by Crippen LogP contribution is 2.50. The maximum Gasteiger partial charge on any atom is 0.472 e. The molecule has 6 amide bonds. The van der Waals surface area contributed by atoms with Crippen molar-refractivity contribution in [2.45, 2.75) is 227 Å². The van der Waals surface area contributed by atoms with Crippen LogP contribution in [-0.2, 0) is 89.2 Å². The molecule has 0 saturated carbocycles. The van der Waals surface area contributed by atoms with Crippen LogP contribution >= 0.6 is 15.6 Å². The smallest absolute Gasteiger partial charge is 0.394 e. The molecule has 39 heteroatoms. The number of likely N-dealkylation sites (tertiary alicyclic amines) is 3. The number of ether oxygens (including phenoxy) is 7. The first-order chi connectivity index (χ1) is 43.8. The predicted molar refractivity (Wildman–Crippen MR) is 310 cm³/mol. The molecule has 37 nitrogen and oxygen atoms in total. The Bertz CT molecular complexity index is 2540. The van der Waals surface area contributed by atoms with Crippen molar-refractivity contribution in [1.29, 1.82) is 0 Å². The van der Waals surface area contributed by atoms with E-state index in [1.54, 1.807) is 13.8 Å². The van der Waals surface area contributed by atoms with E-state index < -0.39 is 219 Å². The molecule has 15 N–H and O–H groups in total. The maximum atomic E-state index is 14.1. The Morgan fingerprint density at radius 2 is 0.796 bits per heavy atom. The van der Waals surface area contributed by atoms with E-state index >= 15 is 0 Å². The lowest BCUT2D eigenvalue weighted by molar-refractivity contribution is -0.270. The predicted octanol–water partition coefficient (Wildman–Crippen LogP) is -6.20. The molecule has 0 bridgehead atoms. The van der Waals surface area contributed by atoms with Gasteiger partial charge >= 0.3 is 15.6 Å². The Labute approximate surface area is 536 Å². The van der Waals surface area contributed by atoms with Crippen LogP contribution in [0.25, 0.3) is 0 Å². The van der Waals surface area contributed by atoms with Crippen molar-refractivity contribution in [1.82, 2.24) is 30.7 Å². The summed E-state index contributed by atoms with van der Waals surface area (Å²) in [4.78, 5) is 103. The Morgan fingerprint density at radius 3 is 1.11 bits per heavy atom. The summed E-state index contributed by atoms with van der Waals surface area (Å²) in [5.74, 6) is -3.35. The zero-order chi connectivity index (χ0) is 68.6. The summed E-state index contributed by atoms with van der Waals surface area (Å²) < 4.78 is 89.3. The summed E-state index contributed by atoms with van der Waals surface area (Å²) in [6.45, 7) is 2.22. The maximum absolute atomic E-state index is 14.1. The molecule has 0 radical (unpaired) electrons. The molecular formula is C54H94N6O31P2. The van der Waals surface area contributed by atoms with Crippen LogP contribution < -0.4 is 16.0 Å². The van der Waals surface area contributed by atoms with Crippen molar-refractivity contribution in [3.05, 3.63) is 0 Å². The second-order valence-electron chi connectivity index (χ2n) is 24.0. The Morgan fingerprint density at radius 1 is 0.484 bits per heavy atom. The molecule has 536 valence electrons. The number of aliphatic hydroxyl groups excluding tert-OH is 10. The summed E-state index contributed by atoms with van der Waals surface area (Å²) >= 11 is 0. The minimum absolute atomic E-state index is 0.000654. The fourth-order valence-corrected chi connectivity index (χ4v) is 13.7. The number of phosphoric acid groups is 2. The highest BCUT2D eigenvalue weighted by Gasteiger charge is 2.50. The topological polar surface area (TPSA) is 527 Å². The number of hydrogen-bond donors (Lipinski definition) is 15. The highest BCUT2D eigenvalue weighted by atomic mass is 31.2. The van der Waals surface area contributed by atoms with Gasteiger partial charge in [-0.25, -0.2) is 9.13 Å². The molecular weight excluding hydrogens is 1290 g/mol.